The van der Waals surface area contributed by atoms with Gasteiger partial charge in [0.1, 0.15) is 25.0 Å². The Labute approximate surface area is 141 Å². The molecule has 130 valence electrons. The molecule has 23 heavy (non-hydrogen) atoms. The van der Waals surface area contributed by atoms with Gasteiger partial charge in [0, 0.05) is 0 Å². The summed E-state index contributed by atoms with van der Waals surface area (Å²) in [5.41, 5.74) is 2.61. The number of aryl methyl sites for hydroxylation is 1. The maximum absolute atomic E-state index is 10.3. The Hall–Kier alpha value is -1.06. The summed E-state index contributed by atoms with van der Waals surface area (Å²) in [6.45, 7) is 14.6. The zero-order valence-electron chi connectivity index (χ0n) is 15.5. The van der Waals surface area contributed by atoms with Crippen molar-refractivity contribution in [1.29, 1.82) is 0 Å². The fourth-order valence-electron chi connectivity index (χ4n) is 3.23. The monoisotopic (exact) mass is 320 g/mol. The summed E-state index contributed by atoms with van der Waals surface area (Å²) in [5.74, 6) is 1.73. The van der Waals surface area contributed by atoms with Crippen molar-refractivity contribution < 1.29 is 14.7 Å². The highest BCUT2D eigenvalue weighted by atomic mass is 16.5. The zero-order valence-corrected chi connectivity index (χ0v) is 15.5. The standard InChI is InChI=1S/C20H33NO2/c1-15-8-10-21(11-9-15)13-18(22)14-23-19-7-6-17(12-16(19)2)20(3,4)5/h6-7,12,15,18,22H,8-11,13-14H2,1-5H3/p+1/t18-/m0/s1. The van der Waals surface area contributed by atoms with Crippen molar-refractivity contribution in [2.45, 2.75) is 59.0 Å². The number of hydrogen-bond acceptors (Lipinski definition) is 2. The Morgan fingerprint density at radius 2 is 1.91 bits per heavy atom. The number of ether oxygens (including phenoxy) is 1. The van der Waals surface area contributed by atoms with Gasteiger partial charge in [-0.2, -0.15) is 0 Å². The molecule has 3 nitrogen and oxygen atoms in total. The highest BCUT2D eigenvalue weighted by molar-refractivity contribution is 5.38. The van der Waals surface area contributed by atoms with Crippen molar-refractivity contribution >= 4 is 0 Å². The van der Waals surface area contributed by atoms with Gasteiger partial charge in [0.2, 0.25) is 0 Å². The Morgan fingerprint density at radius 1 is 1.26 bits per heavy atom. The molecule has 0 radical (unpaired) electrons. The van der Waals surface area contributed by atoms with Crippen molar-refractivity contribution in [3.05, 3.63) is 29.3 Å². The van der Waals surface area contributed by atoms with E-state index in [1.54, 1.807) is 0 Å². The largest absolute Gasteiger partial charge is 0.490 e. The smallest absolute Gasteiger partial charge is 0.137 e. The summed E-state index contributed by atoms with van der Waals surface area (Å²) in [4.78, 5) is 1.51. The van der Waals surface area contributed by atoms with Crippen LogP contribution < -0.4 is 9.64 Å². The van der Waals surface area contributed by atoms with Crippen LogP contribution in [-0.2, 0) is 5.41 Å². The van der Waals surface area contributed by atoms with Gasteiger partial charge in [0.05, 0.1) is 13.1 Å². The average molecular weight is 320 g/mol. The van der Waals surface area contributed by atoms with E-state index >= 15 is 0 Å². The Bertz CT molecular complexity index is 499. The lowest BCUT2D eigenvalue weighted by molar-refractivity contribution is -0.909. The summed E-state index contributed by atoms with van der Waals surface area (Å²) < 4.78 is 5.87. The third-order valence-electron chi connectivity index (χ3n) is 4.98. The maximum atomic E-state index is 10.3. The third kappa shape index (κ3) is 5.50. The number of nitrogens with one attached hydrogen (secondary N) is 1. The molecule has 1 heterocycles. The molecule has 0 saturated carbocycles. The Kier molecular flexibility index (Phi) is 6.10. The van der Waals surface area contributed by atoms with E-state index < -0.39 is 0 Å². The lowest BCUT2D eigenvalue weighted by Crippen LogP contribution is -3.14. The van der Waals surface area contributed by atoms with Gasteiger partial charge in [-0.25, -0.2) is 0 Å². The van der Waals surface area contributed by atoms with Crippen LogP contribution in [0.3, 0.4) is 0 Å². The summed E-state index contributed by atoms with van der Waals surface area (Å²) in [7, 11) is 0. The van der Waals surface area contributed by atoms with Gasteiger partial charge in [0.25, 0.3) is 0 Å². The fraction of sp³-hybridized carbons (Fsp3) is 0.700. The molecule has 1 aliphatic heterocycles. The molecule has 2 N–H and O–H groups in total. The van der Waals surface area contributed by atoms with Crippen molar-refractivity contribution in [1.82, 2.24) is 0 Å². The van der Waals surface area contributed by atoms with Crippen LogP contribution in [0.15, 0.2) is 18.2 Å². The van der Waals surface area contributed by atoms with Crippen LogP contribution in [-0.4, -0.2) is 37.5 Å². The van der Waals surface area contributed by atoms with Gasteiger partial charge >= 0.3 is 0 Å². The first kappa shape index (κ1) is 18.3. The minimum Gasteiger partial charge on any atom is -0.490 e. The molecule has 1 fully saturated rings. The number of likely N-dealkylation sites (tertiary alicyclic amines) is 1. The first-order chi connectivity index (χ1) is 10.8. The normalized spacial score (nSPS) is 23.6. The SMILES string of the molecule is Cc1cc(C(C)(C)C)ccc1OC[C@@H](O)C[NH+]1CCC(C)CC1. The molecular formula is C20H34NO2+. The van der Waals surface area contributed by atoms with Crippen molar-refractivity contribution in [3.8, 4) is 5.75 Å². The number of quaternary nitrogens is 1. The summed E-state index contributed by atoms with van der Waals surface area (Å²) in [5, 5.41) is 10.3. The van der Waals surface area contributed by atoms with E-state index in [1.807, 2.05) is 6.07 Å². The van der Waals surface area contributed by atoms with Crippen LogP contribution >= 0.6 is 0 Å². The van der Waals surface area contributed by atoms with E-state index in [4.69, 9.17) is 4.74 Å². The molecule has 0 spiro atoms. The third-order valence-corrected chi connectivity index (χ3v) is 4.98. The molecule has 0 aliphatic carbocycles. The second kappa shape index (κ2) is 7.67. The molecule has 0 amide bonds. The molecule has 1 aromatic rings. The number of piperidine rings is 1. The summed E-state index contributed by atoms with van der Waals surface area (Å²) >= 11 is 0. The topological polar surface area (TPSA) is 33.9 Å². The van der Waals surface area contributed by atoms with Gasteiger partial charge < -0.3 is 14.7 Å². The molecule has 1 saturated heterocycles. The van der Waals surface area contributed by atoms with Gasteiger partial charge in [-0.3, -0.25) is 0 Å². The molecule has 2 rings (SSSR count). The van der Waals surface area contributed by atoms with Gasteiger partial charge in [-0.05, 0) is 48.3 Å². The molecular weight excluding hydrogens is 286 g/mol. The first-order valence-electron chi connectivity index (χ1n) is 9.01. The minimum atomic E-state index is -0.389. The minimum absolute atomic E-state index is 0.150. The van der Waals surface area contributed by atoms with E-state index in [2.05, 4.69) is 46.8 Å². The van der Waals surface area contributed by atoms with Crippen LogP contribution in [0.4, 0.5) is 0 Å². The second-order valence-electron chi connectivity index (χ2n) is 8.33. The number of benzene rings is 1. The van der Waals surface area contributed by atoms with Crippen LogP contribution in [0.1, 0.15) is 51.7 Å². The number of aliphatic hydroxyl groups is 1. The lowest BCUT2D eigenvalue weighted by Gasteiger charge is -2.28. The predicted molar refractivity (Wildman–Crippen MR) is 95.3 cm³/mol. The predicted octanol–water partition coefficient (Wildman–Crippen LogP) is 2.35. The highest BCUT2D eigenvalue weighted by Gasteiger charge is 2.22. The van der Waals surface area contributed by atoms with Gasteiger partial charge in [-0.1, -0.05) is 39.8 Å². The quantitative estimate of drug-likeness (QED) is 0.873. The van der Waals surface area contributed by atoms with Crippen LogP contribution in [0.25, 0.3) is 0 Å². The van der Waals surface area contributed by atoms with E-state index in [0.717, 1.165) is 23.8 Å². The Balaban J connectivity index is 1.83. The number of rotatable bonds is 5. The molecule has 0 bridgehead atoms. The van der Waals surface area contributed by atoms with Crippen molar-refractivity contribution in [3.63, 3.8) is 0 Å². The molecule has 1 aliphatic rings. The highest BCUT2D eigenvalue weighted by Crippen LogP contribution is 2.27. The first-order valence-corrected chi connectivity index (χ1v) is 9.01. The van der Waals surface area contributed by atoms with E-state index in [1.165, 1.54) is 36.4 Å². The Morgan fingerprint density at radius 3 is 2.48 bits per heavy atom. The molecule has 3 heteroatoms. The van der Waals surface area contributed by atoms with Gasteiger partial charge in [-0.15, -0.1) is 0 Å². The van der Waals surface area contributed by atoms with Crippen molar-refractivity contribution in [2.75, 3.05) is 26.2 Å². The maximum Gasteiger partial charge on any atom is 0.137 e. The molecule has 0 aromatic heterocycles. The van der Waals surface area contributed by atoms with Crippen molar-refractivity contribution in [2.24, 2.45) is 5.92 Å². The number of aliphatic hydroxyl groups excluding tert-OH is 1. The summed E-state index contributed by atoms with van der Waals surface area (Å²) in [6, 6.07) is 6.36. The second-order valence-corrected chi connectivity index (χ2v) is 8.33. The lowest BCUT2D eigenvalue weighted by atomic mass is 9.86. The molecule has 0 unspecified atom stereocenters. The van der Waals surface area contributed by atoms with E-state index in [0.29, 0.717) is 6.61 Å². The van der Waals surface area contributed by atoms with Gasteiger partial charge in [0.15, 0.2) is 0 Å². The average Bonchev–Trinajstić information content (AvgIpc) is 2.47. The number of hydrogen-bond donors (Lipinski definition) is 2. The zero-order chi connectivity index (χ0) is 17.0. The fourth-order valence-corrected chi connectivity index (χ4v) is 3.23. The van der Waals surface area contributed by atoms with Crippen LogP contribution in [0, 0.1) is 12.8 Å². The van der Waals surface area contributed by atoms with E-state index in [9.17, 15) is 5.11 Å². The molecule has 1 aromatic carbocycles. The summed E-state index contributed by atoms with van der Waals surface area (Å²) in [6.07, 6.45) is 2.16. The van der Waals surface area contributed by atoms with E-state index in [-0.39, 0.29) is 11.5 Å². The molecule has 1 atom stereocenters. The van der Waals surface area contributed by atoms with Crippen LogP contribution in [0.2, 0.25) is 0 Å². The van der Waals surface area contributed by atoms with Crippen LogP contribution in [0.5, 0.6) is 5.75 Å².